The Morgan fingerprint density at radius 3 is 2.62 bits per heavy atom. The average Bonchev–Trinajstić information content (AvgIpc) is 2.92. The zero-order valence-corrected chi connectivity index (χ0v) is 15.6. The summed E-state index contributed by atoms with van der Waals surface area (Å²) in [6, 6.07) is 6.82. The van der Waals surface area contributed by atoms with E-state index >= 15 is 0 Å². The number of nitrogens with one attached hydrogen (secondary N) is 1. The second-order valence-corrected chi connectivity index (χ2v) is 7.14. The Balaban J connectivity index is 1.83. The number of rotatable bonds is 6. The minimum atomic E-state index is -0.484. The van der Waals surface area contributed by atoms with Gasteiger partial charge in [-0.05, 0) is 42.7 Å². The minimum absolute atomic E-state index is 0.241. The van der Waals surface area contributed by atoms with Crippen LogP contribution >= 0.6 is 34.5 Å². The summed E-state index contributed by atoms with van der Waals surface area (Å²) >= 11 is 13.2. The Morgan fingerprint density at radius 2 is 2.00 bits per heavy atom. The molecule has 1 aromatic heterocycles. The van der Waals surface area contributed by atoms with E-state index in [1.54, 1.807) is 24.3 Å². The summed E-state index contributed by atoms with van der Waals surface area (Å²) in [7, 11) is 0. The summed E-state index contributed by atoms with van der Waals surface area (Å²) in [5.41, 5.74) is 1.80. The number of ether oxygens (including phenoxy) is 1. The summed E-state index contributed by atoms with van der Waals surface area (Å²) in [5, 5.41) is 3.66. The van der Waals surface area contributed by atoms with Gasteiger partial charge >= 0.3 is 5.97 Å². The third-order valence-electron chi connectivity index (χ3n) is 3.37. The molecule has 1 N–H and O–H groups in total. The van der Waals surface area contributed by atoms with E-state index in [9.17, 15) is 9.59 Å². The van der Waals surface area contributed by atoms with E-state index in [-0.39, 0.29) is 13.2 Å². The monoisotopic (exact) mass is 385 g/mol. The van der Waals surface area contributed by atoms with Crippen molar-refractivity contribution in [3.63, 3.8) is 0 Å². The van der Waals surface area contributed by atoms with Crippen molar-refractivity contribution in [3.8, 4) is 0 Å². The van der Waals surface area contributed by atoms with Gasteiger partial charge in [0, 0.05) is 21.5 Å². The average molecular weight is 386 g/mol. The van der Waals surface area contributed by atoms with Crippen molar-refractivity contribution in [1.82, 2.24) is 5.32 Å². The van der Waals surface area contributed by atoms with Crippen molar-refractivity contribution in [3.05, 3.63) is 55.2 Å². The second kappa shape index (κ2) is 8.51. The van der Waals surface area contributed by atoms with Crippen LogP contribution in [-0.2, 0) is 22.5 Å². The van der Waals surface area contributed by atoms with Gasteiger partial charge in [-0.2, -0.15) is 0 Å². The third-order valence-corrected chi connectivity index (χ3v) is 5.32. The summed E-state index contributed by atoms with van der Waals surface area (Å²) in [6.07, 6.45) is 0.867. The highest BCUT2D eigenvalue weighted by molar-refractivity contribution is 7.14. The van der Waals surface area contributed by atoms with Gasteiger partial charge in [-0.25, -0.2) is 4.79 Å². The molecule has 7 heteroatoms. The van der Waals surface area contributed by atoms with Gasteiger partial charge in [-0.15, -0.1) is 11.3 Å². The Morgan fingerprint density at radius 1 is 1.25 bits per heavy atom. The molecular formula is C17H17Cl2NO3S. The van der Waals surface area contributed by atoms with Crippen LogP contribution in [0.3, 0.4) is 0 Å². The molecule has 0 aliphatic carbocycles. The van der Waals surface area contributed by atoms with Gasteiger partial charge in [-0.1, -0.05) is 36.2 Å². The smallest absolute Gasteiger partial charge is 0.348 e. The number of amides is 1. The maximum absolute atomic E-state index is 12.0. The summed E-state index contributed by atoms with van der Waals surface area (Å²) < 4.78 is 5.05. The van der Waals surface area contributed by atoms with Crippen LogP contribution in [0.5, 0.6) is 0 Å². The highest BCUT2D eigenvalue weighted by Gasteiger charge is 2.14. The predicted octanol–water partition coefficient (Wildman–Crippen LogP) is 4.40. The van der Waals surface area contributed by atoms with Gasteiger partial charge in [0.1, 0.15) is 4.88 Å². The number of hydrogen-bond acceptors (Lipinski definition) is 4. The topological polar surface area (TPSA) is 55.4 Å². The number of hydrogen-bond donors (Lipinski definition) is 1. The van der Waals surface area contributed by atoms with Crippen LogP contribution < -0.4 is 5.32 Å². The maximum Gasteiger partial charge on any atom is 0.348 e. The van der Waals surface area contributed by atoms with E-state index in [1.165, 1.54) is 11.3 Å². The van der Waals surface area contributed by atoms with Crippen molar-refractivity contribution in [2.75, 3.05) is 6.61 Å². The van der Waals surface area contributed by atoms with Crippen molar-refractivity contribution in [2.45, 2.75) is 26.8 Å². The first-order chi connectivity index (χ1) is 11.4. The fraction of sp³-hybridized carbons (Fsp3) is 0.294. The Kier molecular flexibility index (Phi) is 6.66. The molecule has 0 saturated carbocycles. The predicted molar refractivity (Wildman–Crippen MR) is 97.0 cm³/mol. The van der Waals surface area contributed by atoms with E-state index in [4.69, 9.17) is 27.9 Å². The third kappa shape index (κ3) is 4.97. The van der Waals surface area contributed by atoms with E-state index in [0.717, 1.165) is 22.4 Å². The zero-order valence-electron chi connectivity index (χ0n) is 13.3. The molecule has 0 radical (unpaired) electrons. The lowest BCUT2D eigenvalue weighted by Crippen LogP contribution is -2.28. The fourth-order valence-corrected chi connectivity index (χ4v) is 3.57. The van der Waals surface area contributed by atoms with Crippen LogP contribution in [-0.4, -0.2) is 18.5 Å². The molecule has 1 amide bonds. The molecule has 0 spiro atoms. The van der Waals surface area contributed by atoms with Gasteiger partial charge in [-0.3, -0.25) is 4.79 Å². The van der Waals surface area contributed by atoms with Crippen LogP contribution in [0.1, 0.15) is 32.6 Å². The van der Waals surface area contributed by atoms with Crippen LogP contribution in [0.25, 0.3) is 0 Å². The lowest BCUT2D eigenvalue weighted by Gasteiger charge is -2.07. The first kappa shape index (κ1) is 18.8. The molecule has 24 heavy (non-hydrogen) atoms. The first-order valence-electron chi connectivity index (χ1n) is 7.37. The summed E-state index contributed by atoms with van der Waals surface area (Å²) in [6.45, 7) is 3.89. The number of benzene rings is 1. The lowest BCUT2D eigenvalue weighted by atomic mass is 10.2. The van der Waals surface area contributed by atoms with Crippen LogP contribution in [0.4, 0.5) is 0 Å². The summed E-state index contributed by atoms with van der Waals surface area (Å²) in [5.74, 6) is -0.874. The quantitative estimate of drug-likeness (QED) is 0.749. The number of thiophene rings is 1. The Labute approximate surface area is 154 Å². The SMILES string of the molecule is CCc1sc(C(=O)OCC(=O)NCc2ccc(Cl)cc2Cl)cc1C. The summed E-state index contributed by atoms with van der Waals surface area (Å²) in [4.78, 5) is 25.4. The van der Waals surface area contributed by atoms with Crippen molar-refractivity contribution in [2.24, 2.45) is 0 Å². The lowest BCUT2D eigenvalue weighted by molar-refractivity contribution is -0.124. The first-order valence-corrected chi connectivity index (χ1v) is 8.95. The number of halogens is 2. The van der Waals surface area contributed by atoms with Crippen LogP contribution in [0.15, 0.2) is 24.3 Å². The van der Waals surface area contributed by atoms with Crippen LogP contribution in [0.2, 0.25) is 10.0 Å². The molecule has 128 valence electrons. The normalized spacial score (nSPS) is 10.5. The highest BCUT2D eigenvalue weighted by atomic mass is 35.5. The van der Waals surface area contributed by atoms with E-state index < -0.39 is 11.9 Å². The zero-order chi connectivity index (χ0) is 17.7. The Bertz CT molecular complexity index is 758. The van der Waals surface area contributed by atoms with Gasteiger partial charge in [0.2, 0.25) is 0 Å². The molecule has 0 unspecified atom stereocenters. The fourth-order valence-electron chi connectivity index (χ4n) is 2.08. The molecule has 0 bridgehead atoms. The molecule has 2 aromatic rings. The molecule has 2 rings (SSSR count). The molecule has 0 atom stereocenters. The van der Waals surface area contributed by atoms with Crippen molar-refractivity contribution < 1.29 is 14.3 Å². The van der Waals surface area contributed by atoms with Gasteiger partial charge in [0.15, 0.2) is 6.61 Å². The number of carbonyl (C=O) groups is 2. The molecule has 0 fully saturated rings. The largest absolute Gasteiger partial charge is 0.451 e. The second-order valence-electron chi connectivity index (χ2n) is 5.16. The van der Waals surface area contributed by atoms with E-state index in [0.29, 0.717) is 14.9 Å². The minimum Gasteiger partial charge on any atom is -0.451 e. The van der Waals surface area contributed by atoms with Gasteiger partial charge in [0.25, 0.3) is 5.91 Å². The molecular weight excluding hydrogens is 369 g/mol. The van der Waals surface area contributed by atoms with Gasteiger partial charge < -0.3 is 10.1 Å². The van der Waals surface area contributed by atoms with E-state index in [2.05, 4.69) is 5.32 Å². The van der Waals surface area contributed by atoms with Gasteiger partial charge in [0.05, 0.1) is 0 Å². The highest BCUT2D eigenvalue weighted by Crippen LogP contribution is 2.23. The van der Waals surface area contributed by atoms with E-state index in [1.807, 2.05) is 13.8 Å². The standard InChI is InChI=1S/C17H17Cl2NO3S/c1-3-14-10(2)6-15(24-14)17(22)23-9-16(21)20-8-11-4-5-12(18)7-13(11)19/h4-7H,3,8-9H2,1-2H3,(H,20,21). The molecule has 4 nitrogen and oxygen atoms in total. The molecule has 0 aliphatic heterocycles. The molecule has 0 aliphatic rings. The maximum atomic E-state index is 12.0. The van der Waals surface area contributed by atoms with Crippen molar-refractivity contribution in [1.29, 1.82) is 0 Å². The molecule has 0 saturated heterocycles. The van der Waals surface area contributed by atoms with Crippen LogP contribution in [0, 0.1) is 6.92 Å². The molecule has 1 aromatic carbocycles. The number of aryl methyl sites for hydroxylation is 2. The number of esters is 1. The Hall–Kier alpha value is -1.56. The molecule has 1 heterocycles. The van der Waals surface area contributed by atoms with Crippen molar-refractivity contribution >= 4 is 46.4 Å². The number of carbonyl (C=O) groups excluding carboxylic acids is 2.